The quantitative estimate of drug-likeness (QED) is 0.0322. The van der Waals surface area contributed by atoms with Gasteiger partial charge in [0.1, 0.15) is 0 Å². The fourth-order valence-electron chi connectivity index (χ4n) is 8.23. The molecule has 0 aromatic carbocycles. The Hall–Kier alpha value is -1.40. The Bertz CT molecular complexity index is 878. The molecule has 6 nitrogen and oxygen atoms in total. The maximum Gasteiger partial charge on any atom is 0.305 e. The molecule has 0 fully saturated rings. The summed E-state index contributed by atoms with van der Waals surface area (Å²) in [5.41, 5.74) is 0. The number of carbonyl (C=O) groups is 2. The van der Waals surface area contributed by atoms with Gasteiger partial charge in [0.25, 0.3) is 0 Å². The van der Waals surface area contributed by atoms with Crippen molar-refractivity contribution in [3.63, 3.8) is 0 Å². The number of ether oxygens (including phenoxy) is 1. The number of esters is 1. The molecule has 0 spiro atoms. The highest BCUT2D eigenvalue weighted by molar-refractivity contribution is 5.76. The first kappa shape index (κ1) is 57.6. The topological polar surface area (TPSA) is 95.9 Å². The van der Waals surface area contributed by atoms with Crippen molar-refractivity contribution in [2.45, 2.75) is 302 Å². The molecular weight excluding hydrogens is 731 g/mol. The van der Waals surface area contributed by atoms with Crippen LogP contribution in [0.25, 0.3) is 0 Å². The summed E-state index contributed by atoms with van der Waals surface area (Å²) in [7, 11) is 0. The van der Waals surface area contributed by atoms with Crippen LogP contribution in [0.15, 0.2) is 12.2 Å². The summed E-state index contributed by atoms with van der Waals surface area (Å²) >= 11 is 0. The number of unbranched alkanes of at least 4 members (excludes halogenated alkanes) is 36. The molecule has 0 bridgehead atoms. The molecule has 2 atom stereocenters. The summed E-state index contributed by atoms with van der Waals surface area (Å²) in [6.07, 6.45) is 56.2. The molecule has 6 heteroatoms. The molecule has 0 aliphatic rings. The Morgan fingerprint density at radius 2 is 0.814 bits per heavy atom. The average molecular weight is 834 g/mol. The van der Waals surface area contributed by atoms with Gasteiger partial charge in [0.2, 0.25) is 5.91 Å². The molecule has 3 N–H and O–H groups in total. The van der Waals surface area contributed by atoms with Gasteiger partial charge in [0.05, 0.1) is 25.4 Å². The van der Waals surface area contributed by atoms with E-state index in [1.807, 2.05) is 0 Å². The second kappa shape index (κ2) is 49.3. The largest absolute Gasteiger partial charge is 0.466 e. The lowest BCUT2D eigenvalue weighted by Crippen LogP contribution is -2.45. The zero-order valence-electron chi connectivity index (χ0n) is 39.7. The molecule has 0 aliphatic carbocycles. The van der Waals surface area contributed by atoms with E-state index in [4.69, 9.17) is 4.74 Å². The van der Waals surface area contributed by atoms with Crippen LogP contribution in [0.3, 0.4) is 0 Å². The number of aliphatic hydroxyl groups excluding tert-OH is 2. The van der Waals surface area contributed by atoms with Crippen molar-refractivity contribution >= 4 is 11.9 Å². The molecular formula is C53H103NO5. The summed E-state index contributed by atoms with van der Waals surface area (Å²) in [6.45, 7) is 4.88. The zero-order valence-corrected chi connectivity index (χ0v) is 39.7. The van der Waals surface area contributed by atoms with E-state index in [-0.39, 0.29) is 18.5 Å². The summed E-state index contributed by atoms with van der Waals surface area (Å²) in [4.78, 5) is 24.5. The van der Waals surface area contributed by atoms with Gasteiger partial charge in [-0.3, -0.25) is 9.59 Å². The lowest BCUT2D eigenvalue weighted by molar-refractivity contribution is -0.143. The second-order valence-electron chi connectivity index (χ2n) is 18.2. The van der Waals surface area contributed by atoms with Crippen LogP contribution in [-0.4, -0.2) is 47.4 Å². The van der Waals surface area contributed by atoms with Gasteiger partial charge in [-0.2, -0.15) is 0 Å². The maximum atomic E-state index is 12.4. The molecule has 0 aromatic heterocycles. The van der Waals surface area contributed by atoms with E-state index in [1.54, 1.807) is 0 Å². The normalized spacial score (nSPS) is 12.7. The van der Waals surface area contributed by atoms with E-state index in [0.29, 0.717) is 25.9 Å². The van der Waals surface area contributed by atoms with Gasteiger partial charge in [-0.1, -0.05) is 244 Å². The van der Waals surface area contributed by atoms with Gasteiger partial charge < -0.3 is 20.3 Å². The van der Waals surface area contributed by atoms with Crippen molar-refractivity contribution in [3.05, 3.63) is 12.2 Å². The minimum atomic E-state index is -0.693. The predicted molar refractivity (Wildman–Crippen MR) is 255 cm³/mol. The molecule has 0 saturated carbocycles. The number of carbonyl (C=O) groups excluding carboxylic acids is 2. The lowest BCUT2D eigenvalue weighted by atomic mass is 10.0. The number of aliphatic hydroxyl groups is 2. The third kappa shape index (κ3) is 45.9. The van der Waals surface area contributed by atoms with Crippen LogP contribution in [0.1, 0.15) is 290 Å². The minimum Gasteiger partial charge on any atom is -0.466 e. The van der Waals surface area contributed by atoms with Gasteiger partial charge in [0, 0.05) is 12.8 Å². The monoisotopic (exact) mass is 834 g/mol. The Balaban J connectivity index is 3.49. The molecule has 0 radical (unpaired) electrons. The number of hydrogen-bond donors (Lipinski definition) is 3. The van der Waals surface area contributed by atoms with Crippen LogP contribution >= 0.6 is 0 Å². The van der Waals surface area contributed by atoms with Gasteiger partial charge in [-0.15, -0.1) is 0 Å². The summed E-state index contributed by atoms with van der Waals surface area (Å²) in [5.74, 6) is -0.124. The summed E-state index contributed by atoms with van der Waals surface area (Å²) in [6, 6.07) is -0.577. The Morgan fingerprint density at radius 1 is 0.458 bits per heavy atom. The minimum absolute atomic E-state index is 0.0307. The molecule has 350 valence electrons. The highest BCUT2D eigenvalue weighted by atomic mass is 16.5. The standard InChI is InChI=1S/C53H103NO5/c1-3-5-7-9-11-13-15-17-19-20-21-22-23-25-27-31-35-39-43-47-53(58)59-48-44-40-36-32-28-30-34-38-42-46-52(57)54-50(49-55)51(56)45-41-37-33-29-26-24-18-16-14-12-10-8-6-4-2/h30,34,50-51,55-56H,3-29,31-33,35-49H2,1-2H3,(H,54,57)/b34-30-. The SMILES string of the molecule is CCCCCCCCCCCCCCCCCCCCCC(=O)OCCCCCC/C=C\CCCC(=O)NC(CO)C(O)CCCCCCCCCCCCCCCC. The summed E-state index contributed by atoms with van der Waals surface area (Å²) in [5, 5.41) is 23.1. The fraction of sp³-hybridized carbons (Fsp3) is 0.925. The highest BCUT2D eigenvalue weighted by Gasteiger charge is 2.20. The molecule has 2 unspecified atom stereocenters. The Kier molecular flexibility index (Phi) is 48.1. The molecule has 0 aliphatic heterocycles. The Labute approximate surface area is 368 Å². The third-order valence-electron chi connectivity index (χ3n) is 12.3. The van der Waals surface area contributed by atoms with Crippen LogP contribution in [0, 0.1) is 0 Å². The fourth-order valence-corrected chi connectivity index (χ4v) is 8.23. The van der Waals surface area contributed by atoms with E-state index in [0.717, 1.165) is 70.6 Å². The van der Waals surface area contributed by atoms with Crippen molar-refractivity contribution in [3.8, 4) is 0 Å². The summed E-state index contributed by atoms with van der Waals surface area (Å²) < 4.78 is 5.46. The van der Waals surface area contributed by atoms with E-state index >= 15 is 0 Å². The maximum absolute atomic E-state index is 12.4. The molecule has 0 saturated heterocycles. The van der Waals surface area contributed by atoms with Crippen LogP contribution < -0.4 is 5.32 Å². The lowest BCUT2D eigenvalue weighted by Gasteiger charge is -2.22. The number of allylic oxidation sites excluding steroid dienone is 2. The average Bonchev–Trinajstić information content (AvgIpc) is 3.24. The first-order valence-corrected chi connectivity index (χ1v) is 26.4. The number of amides is 1. The number of nitrogens with one attached hydrogen (secondary N) is 1. The smallest absolute Gasteiger partial charge is 0.305 e. The van der Waals surface area contributed by atoms with Gasteiger partial charge in [-0.05, 0) is 44.9 Å². The third-order valence-corrected chi connectivity index (χ3v) is 12.3. The van der Waals surface area contributed by atoms with Crippen LogP contribution in [0.2, 0.25) is 0 Å². The highest BCUT2D eigenvalue weighted by Crippen LogP contribution is 2.17. The van der Waals surface area contributed by atoms with Crippen molar-refractivity contribution in [1.29, 1.82) is 0 Å². The van der Waals surface area contributed by atoms with Crippen molar-refractivity contribution < 1.29 is 24.5 Å². The van der Waals surface area contributed by atoms with Crippen molar-refractivity contribution in [2.75, 3.05) is 13.2 Å². The van der Waals surface area contributed by atoms with Gasteiger partial charge in [0.15, 0.2) is 0 Å². The number of rotatable bonds is 49. The van der Waals surface area contributed by atoms with Crippen molar-refractivity contribution in [2.24, 2.45) is 0 Å². The van der Waals surface area contributed by atoms with Crippen LogP contribution in [0.4, 0.5) is 0 Å². The molecule has 0 heterocycles. The predicted octanol–water partition coefficient (Wildman–Crippen LogP) is 15.7. The molecule has 59 heavy (non-hydrogen) atoms. The second-order valence-corrected chi connectivity index (χ2v) is 18.2. The number of hydrogen-bond acceptors (Lipinski definition) is 5. The van der Waals surface area contributed by atoms with Gasteiger partial charge in [-0.25, -0.2) is 0 Å². The molecule has 1 amide bonds. The Morgan fingerprint density at radius 3 is 1.24 bits per heavy atom. The van der Waals surface area contributed by atoms with E-state index in [2.05, 4.69) is 31.3 Å². The molecule has 0 aromatic rings. The first-order valence-electron chi connectivity index (χ1n) is 26.4. The zero-order chi connectivity index (χ0) is 43.0. The van der Waals surface area contributed by atoms with Crippen LogP contribution in [0.5, 0.6) is 0 Å². The molecule has 0 rings (SSSR count). The van der Waals surface area contributed by atoms with E-state index in [1.165, 1.54) is 186 Å². The van der Waals surface area contributed by atoms with Crippen LogP contribution in [-0.2, 0) is 14.3 Å². The van der Waals surface area contributed by atoms with Crippen molar-refractivity contribution in [1.82, 2.24) is 5.32 Å². The van der Waals surface area contributed by atoms with Gasteiger partial charge >= 0.3 is 5.97 Å². The van der Waals surface area contributed by atoms with E-state index < -0.39 is 12.1 Å². The first-order chi connectivity index (χ1) is 29.0. The van der Waals surface area contributed by atoms with E-state index in [9.17, 15) is 19.8 Å².